The number of rotatable bonds is 3. The van der Waals surface area contributed by atoms with E-state index >= 15 is 0 Å². The number of urea groups is 1. The first-order chi connectivity index (χ1) is 10.6. The Hall–Kier alpha value is -2.37. The van der Waals surface area contributed by atoms with Crippen molar-refractivity contribution in [2.45, 2.75) is 31.7 Å². The largest absolute Gasteiger partial charge is 0.465 e. The number of fused-ring (bicyclic) bond motifs is 2. The van der Waals surface area contributed by atoms with Crippen molar-refractivity contribution in [3.8, 4) is 0 Å². The van der Waals surface area contributed by atoms with Crippen LogP contribution >= 0.6 is 0 Å². The number of hydrogen-bond acceptors (Lipinski definition) is 4. The summed E-state index contributed by atoms with van der Waals surface area (Å²) in [6.07, 6.45) is 2.25. The molecule has 6 nitrogen and oxygen atoms in total. The molecule has 3 rings (SSSR count). The summed E-state index contributed by atoms with van der Waals surface area (Å²) in [4.78, 5) is 37.6. The molecular formula is C16H18N2O4. The van der Waals surface area contributed by atoms with E-state index < -0.39 is 17.5 Å². The zero-order valence-electron chi connectivity index (χ0n) is 12.4. The number of ether oxygens (including phenoxy) is 1. The Labute approximate surface area is 128 Å². The van der Waals surface area contributed by atoms with Crippen LogP contribution in [-0.2, 0) is 26.3 Å². The molecule has 1 spiro atoms. The van der Waals surface area contributed by atoms with Gasteiger partial charge in [0.25, 0.3) is 5.91 Å². The zero-order chi connectivity index (χ0) is 15.7. The van der Waals surface area contributed by atoms with Crippen molar-refractivity contribution in [3.63, 3.8) is 0 Å². The number of hydrogen-bond donors (Lipinski definition) is 1. The number of carbonyl (C=O) groups excluding carboxylic acids is 3. The number of amides is 3. The van der Waals surface area contributed by atoms with Gasteiger partial charge in [-0.05, 0) is 37.3 Å². The number of aryl methyl sites for hydroxylation is 1. The number of esters is 1. The lowest BCUT2D eigenvalue weighted by Crippen LogP contribution is -2.46. The second kappa shape index (κ2) is 5.44. The third kappa shape index (κ3) is 2.15. The molecule has 0 bridgehead atoms. The topological polar surface area (TPSA) is 75.7 Å². The van der Waals surface area contributed by atoms with Crippen LogP contribution in [0.2, 0.25) is 0 Å². The smallest absolute Gasteiger partial charge is 0.326 e. The summed E-state index contributed by atoms with van der Waals surface area (Å²) >= 11 is 0. The first kappa shape index (κ1) is 14.6. The van der Waals surface area contributed by atoms with E-state index in [2.05, 4.69) is 5.32 Å². The molecule has 0 saturated carbocycles. The molecule has 1 aliphatic heterocycles. The predicted octanol–water partition coefficient (Wildman–Crippen LogP) is 1.33. The average molecular weight is 302 g/mol. The Kier molecular flexibility index (Phi) is 3.60. The fraction of sp³-hybridized carbons (Fsp3) is 0.438. The molecule has 1 aliphatic carbocycles. The highest BCUT2D eigenvalue weighted by Gasteiger charge is 2.54. The van der Waals surface area contributed by atoms with Gasteiger partial charge in [0.1, 0.15) is 12.1 Å². The molecular weight excluding hydrogens is 284 g/mol. The van der Waals surface area contributed by atoms with E-state index in [9.17, 15) is 14.4 Å². The van der Waals surface area contributed by atoms with Crippen molar-refractivity contribution in [1.82, 2.24) is 10.2 Å². The summed E-state index contributed by atoms with van der Waals surface area (Å²) in [7, 11) is 0. The maximum Gasteiger partial charge on any atom is 0.326 e. The van der Waals surface area contributed by atoms with Crippen molar-refractivity contribution >= 4 is 17.9 Å². The van der Waals surface area contributed by atoms with Crippen LogP contribution in [0, 0.1) is 0 Å². The Morgan fingerprint density at radius 2 is 2.14 bits per heavy atom. The molecule has 0 aromatic heterocycles. The van der Waals surface area contributed by atoms with Crippen LogP contribution in [0.25, 0.3) is 0 Å². The first-order valence-corrected chi connectivity index (χ1v) is 7.46. The minimum atomic E-state index is -1.03. The molecule has 3 amide bonds. The van der Waals surface area contributed by atoms with Gasteiger partial charge in [-0.25, -0.2) is 4.79 Å². The van der Waals surface area contributed by atoms with Gasteiger partial charge < -0.3 is 10.1 Å². The third-order valence-corrected chi connectivity index (χ3v) is 4.24. The monoisotopic (exact) mass is 302 g/mol. The maximum absolute atomic E-state index is 12.8. The molecule has 0 unspecified atom stereocenters. The van der Waals surface area contributed by atoms with Gasteiger partial charge in [0, 0.05) is 0 Å². The Balaban J connectivity index is 1.93. The molecule has 2 aliphatic rings. The summed E-state index contributed by atoms with van der Waals surface area (Å²) in [5, 5.41) is 2.80. The van der Waals surface area contributed by atoms with Crippen LogP contribution in [0.3, 0.4) is 0 Å². The van der Waals surface area contributed by atoms with Crippen molar-refractivity contribution in [3.05, 3.63) is 35.4 Å². The van der Waals surface area contributed by atoms with Gasteiger partial charge in [-0.3, -0.25) is 14.5 Å². The summed E-state index contributed by atoms with van der Waals surface area (Å²) in [6, 6.07) is 7.11. The van der Waals surface area contributed by atoms with Gasteiger partial charge in [0.05, 0.1) is 6.61 Å². The fourth-order valence-electron chi connectivity index (χ4n) is 3.29. The van der Waals surface area contributed by atoms with Gasteiger partial charge >= 0.3 is 12.0 Å². The summed E-state index contributed by atoms with van der Waals surface area (Å²) in [6.45, 7) is 1.56. The summed E-state index contributed by atoms with van der Waals surface area (Å²) < 4.78 is 4.83. The van der Waals surface area contributed by atoms with Crippen LogP contribution in [0.4, 0.5) is 4.79 Å². The quantitative estimate of drug-likeness (QED) is 0.675. The number of imide groups is 1. The number of nitrogens with one attached hydrogen (secondary N) is 1. The Bertz CT molecular complexity index is 643. The fourth-order valence-corrected chi connectivity index (χ4v) is 3.29. The van der Waals surface area contributed by atoms with Crippen molar-refractivity contribution in [2.75, 3.05) is 13.2 Å². The highest BCUT2D eigenvalue weighted by molar-refractivity contribution is 6.09. The minimum Gasteiger partial charge on any atom is -0.465 e. The van der Waals surface area contributed by atoms with Gasteiger partial charge in [0.2, 0.25) is 0 Å². The van der Waals surface area contributed by atoms with E-state index in [4.69, 9.17) is 4.74 Å². The second-order valence-corrected chi connectivity index (χ2v) is 5.54. The predicted molar refractivity (Wildman–Crippen MR) is 77.9 cm³/mol. The van der Waals surface area contributed by atoms with E-state index in [0.29, 0.717) is 6.42 Å². The van der Waals surface area contributed by atoms with Crippen molar-refractivity contribution in [2.24, 2.45) is 0 Å². The number of nitrogens with zero attached hydrogens (tertiary/aromatic N) is 1. The zero-order valence-corrected chi connectivity index (χ0v) is 12.4. The van der Waals surface area contributed by atoms with E-state index in [1.807, 2.05) is 24.3 Å². The van der Waals surface area contributed by atoms with Crippen LogP contribution < -0.4 is 5.32 Å². The lowest BCUT2D eigenvalue weighted by Gasteiger charge is -2.33. The number of carbonyl (C=O) groups is 3. The van der Waals surface area contributed by atoms with E-state index in [1.54, 1.807) is 6.92 Å². The van der Waals surface area contributed by atoms with Gasteiger partial charge in [-0.1, -0.05) is 24.3 Å². The minimum absolute atomic E-state index is 0.219. The van der Waals surface area contributed by atoms with E-state index in [-0.39, 0.29) is 19.1 Å². The van der Waals surface area contributed by atoms with E-state index in [1.165, 1.54) is 0 Å². The molecule has 22 heavy (non-hydrogen) atoms. The van der Waals surface area contributed by atoms with Crippen molar-refractivity contribution in [1.29, 1.82) is 0 Å². The lowest BCUT2D eigenvalue weighted by molar-refractivity contribution is -0.147. The van der Waals surface area contributed by atoms with Crippen LogP contribution in [-0.4, -0.2) is 36.0 Å². The highest BCUT2D eigenvalue weighted by Crippen LogP contribution is 2.39. The third-order valence-electron chi connectivity index (χ3n) is 4.24. The SMILES string of the molecule is CCOC(=O)CN1C(=O)N[C@]2(CCCc3ccccc32)C1=O. The summed E-state index contributed by atoms with van der Waals surface area (Å²) in [5.41, 5.74) is 0.879. The van der Waals surface area contributed by atoms with Crippen molar-refractivity contribution < 1.29 is 19.1 Å². The standard InChI is InChI=1S/C16H18N2O4/c1-2-22-13(19)10-18-14(20)16(17-15(18)21)9-5-7-11-6-3-4-8-12(11)16/h3-4,6,8H,2,5,7,9-10H2,1H3,(H,17,21)/t16-/m0/s1. The molecule has 1 fully saturated rings. The van der Waals surface area contributed by atoms with Gasteiger partial charge in [-0.2, -0.15) is 0 Å². The molecule has 6 heteroatoms. The molecule has 1 atom stereocenters. The normalized spacial score (nSPS) is 23.4. The second-order valence-electron chi connectivity index (χ2n) is 5.54. The molecule has 1 heterocycles. The Morgan fingerprint density at radius 1 is 1.36 bits per heavy atom. The summed E-state index contributed by atoms with van der Waals surface area (Å²) in [5.74, 6) is -0.940. The Morgan fingerprint density at radius 3 is 2.91 bits per heavy atom. The van der Waals surface area contributed by atoms with E-state index in [0.717, 1.165) is 28.9 Å². The molecule has 0 radical (unpaired) electrons. The molecule has 1 aromatic carbocycles. The molecule has 116 valence electrons. The van der Waals surface area contributed by atoms with Gasteiger partial charge in [-0.15, -0.1) is 0 Å². The first-order valence-electron chi connectivity index (χ1n) is 7.46. The lowest BCUT2D eigenvalue weighted by atomic mass is 9.76. The van der Waals surface area contributed by atoms with Crippen LogP contribution in [0.15, 0.2) is 24.3 Å². The highest BCUT2D eigenvalue weighted by atomic mass is 16.5. The molecule has 1 aromatic rings. The average Bonchev–Trinajstić information content (AvgIpc) is 2.73. The number of benzene rings is 1. The van der Waals surface area contributed by atoms with Crippen LogP contribution in [0.1, 0.15) is 30.9 Å². The molecule has 1 saturated heterocycles. The maximum atomic E-state index is 12.8. The molecule has 1 N–H and O–H groups in total. The van der Waals surface area contributed by atoms with Gasteiger partial charge in [0.15, 0.2) is 0 Å². The van der Waals surface area contributed by atoms with Crippen LogP contribution in [0.5, 0.6) is 0 Å².